The molecular formula is C18H21F3N4O2. The molecule has 0 atom stereocenters. The number of benzene rings is 1. The number of aliphatic imine (C=N–C) groups is 1. The van der Waals surface area contributed by atoms with E-state index in [1.54, 1.807) is 6.07 Å². The molecule has 4 N–H and O–H groups in total. The number of nitrogens with zero attached hydrogens (tertiary/aromatic N) is 1. The van der Waals surface area contributed by atoms with Crippen LogP contribution in [-0.2, 0) is 19.1 Å². The molecule has 0 aliphatic heterocycles. The minimum absolute atomic E-state index is 0.0699. The minimum atomic E-state index is -4.33. The topological polar surface area (TPSA) is 92.6 Å². The average Bonchev–Trinajstić information content (AvgIpc) is 3.09. The zero-order chi connectivity index (χ0) is 19.9. The van der Waals surface area contributed by atoms with Crippen LogP contribution in [0.4, 0.5) is 13.2 Å². The summed E-state index contributed by atoms with van der Waals surface area (Å²) >= 11 is 0. The van der Waals surface area contributed by atoms with E-state index >= 15 is 0 Å². The summed E-state index contributed by atoms with van der Waals surface area (Å²) in [6.45, 7) is 3.24. The Morgan fingerprint density at radius 1 is 1.15 bits per heavy atom. The van der Waals surface area contributed by atoms with Crippen molar-refractivity contribution in [2.75, 3.05) is 13.1 Å². The number of nitrogens with two attached hydrogens (primary N) is 1. The van der Waals surface area contributed by atoms with Crippen LogP contribution >= 0.6 is 0 Å². The van der Waals surface area contributed by atoms with Gasteiger partial charge in [0, 0.05) is 13.1 Å². The number of alkyl halides is 3. The number of hydrogen-bond acceptors (Lipinski definition) is 3. The summed E-state index contributed by atoms with van der Waals surface area (Å²) in [5.74, 6) is 0.442. The number of halogens is 3. The fraction of sp³-hybridized carbons (Fsp3) is 0.333. The zero-order valence-electron chi connectivity index (χ0n) is 14.8. The van der Waals surface area contributed by atoms with Crippen LogP contribution in [0, 0.1) is 0 Å². The predicted octanol–water partition coefficient (Wildman–Crippen LogP) is 2.70. The minimum Gasteiger partial charge on any atom is -0.454 e. The van der Waals surface area contributed by atoms with Gasteiger partial charge in [0.2, 0.25) is 0 Å². The van der Waals surface area contributed by atoms with Crippen LogP contribution in [0.5, 0.6) is 0 Å². The highest BCUT2D eigenvalue weighted by atomic mass is 19.4. The maximum Gasteiger partial charge on any atom is 0.416 e. The van der Waals surface area contributed by atoms with Crippen molar-refractivity contribution in [2.24, 2.45) is 10.7 Å². The van der Waals surface area contributed by atoms with Gasteiger partial charge < -0.3 is 20.8 Å². The summed E-state index contributed by atoms with van der Waals surface area (Å²) in [5, 5.41) is 6.15. The molecule has 146 valence electrons. The number of rotatable bonds is 7. The van der Waals surface area contributed by atoms with Crippen LogP contribution < -0.4 is 16.4 Å². The van der Waals surface area contributed by atoms with E-state index in [4.69, 9.17) is 10.2 Å². The first-order valence-corrected chi connectivity index (χ1v) is 8.36. The normalized spacial score (nSPS) is 12.1. The molecule has 9 heteroatoms. The largest absolute Gasteiger partial charge is 0.454 e. The van der Waals surface area contributed by atoms with E-state index in [0.29, 0.717) is 31.2 Å². The van der Waals surface area contributed by atoms with Gasteiger partial charge in [-0.25, -0.2) is 4.99 Å². The number of nitrogens with one attached hydrogen (secondary N) is 2. The molecule has 1 aromatic heterocycles. The lowest BCUT2D eigenvalue weighted by molar-refractivity contribution is -0.137. The Morgan fingerprint density at radius 2 is 1.85 bits per heavy atom. The fourth-order valence-electron chi connectivity index (χ4n) is 2.28. The molecule has 0 spiro atoms. The molecule has 6 nitrogen and oxygen atoms in total. The molecule has 0 bridgehead atoms. The SMILES string of the molecule is CCNC(=NCc1ccc(C(N)=O)o1)NCCc1ccc(C(F)(F)F)cc1. The molecule has 1 aromatic carbocycles. The van der Waals surface area contributed by atoms with Crippen molar-refractivity contribution in [3.05, 3.63) is 59.0 Å². The molecule has 0 aliphatic rings. The maximum atomic E-state index is 12.6. The summed E-state index contributed by atoms with van der Waals surface area (Å²) in [5.41, 5.74) is 5.25. The van der Waals surface area contributed by atoms with E-state index in [2.05, 4.69) is 15.6 Å². The van der Waals surface area contributed by atoms with Crippen LogP contribution in [0.2, 0.25) is 0 Å². The molecule has 0 aliphatic carbocycles. The van der Waals surface area contributed by atoms with Crippen molar-refractivity contribution < 1.29 is 22.4 Å². The first kappa shape index (κ1) is 20.3. The summed E-state index contributed by atoms with van der Waals surface area (Å²) in [6.07, 6.45) is -3.79. The standard InChI is InChI=1S/C18H21F3N4O2/c1-2-23-17(25-11-14-7-8-15(27-14)16(22)26)24-10-9-12-3-5-13(6-4-12)18(19,20)21/h3-8H,2,9-11H2,1H3,(H2,22,26)(H2,23,24,25). The van der Waals surface area contributed by atoms with Crippen LogP contribution in [0.3, 0.4) is 0 Å². The van der Waals surface area contributed by atoms with Gasteiger partial charge >= 0.3 is 6.18 Å². The van der Waals surface area contributed by atoms with Crippen molar-refractivity contribution in [1.29, 1.82) is 0 Å². The summed E-state index contributed by atoms with van der Waals surface area (Å²) in [7, 11) is 0. The van der Waals surface area contributed by atoms with Crippen molar-refractivity contribution >= 4 is 11.9 Å². The third-order valence-corrected chi connectivity index (χ3v) is 3.63. The average molecular weight is 382 g/mol. The Hall–Kier alpha value is -2.97. The first-order valence-electron chi connectivity index (χ1n) is 8.36. The van der Waals surface area contributed by atoms with Gasteiger partial charge in [0.15, 0.2) is 11.7 Å². The summed E-state index contributed by atoms with van der Waals surface area (Å²) < 4.78 is 42.9. The first-order chi connectivity index (χ1) is 12.8. The maximum absolute atomic E-state index is 12.6. The number of guanidine groups is 1. The Morgan fingerprint density at radius 3 is 2.41 bits per heavy atom. The number of hydrogen-bond donors (Lipinski definition) is 3. The molecule has 2 rings (SSSR count). The highest BCUT2D eigenvalue weighted by Gasteiger charge is 2.29. The van der Waals surface area contributed by atoms with Gasteiger partial charge in [-0.15, -0.1) is 0 Å². The van der Waals surface area contributed by atoms with Crippen LogP contribution in [0.1, 0.15) is 34.4 Å². The highest BCUT2D eigenvalue weighted by Crippen LogP contribution is 2.29. The highest BCUT2D eigenvalue weighted by molar-refractivity contribution is 5.89. The number of furan rings is 1. The monoisotopic (exact) mass is 382 g/mol. The van der Waals surface area contributed by atoms with Crippen molar-refractivity contribution in [3.63, 3.8) is 0 Å². The van der Waals surface area contributed by atoms with E-state index in [0.717, 1.165) is 17.7 Å². The summed E-state index contributed by atoms with van der Waals surface area (Å²) in [4.78, 5) is 15.3. The third-order valence-electron chi connectivity index (χ3n) is 3.63. The molecule has 0 saturated carbocycles. The Bertz CT molecular complexity index is 783. The number of carbonyl (C=O) groups excluding carboxylic acids is 1. The van der Waals surface area contributed by atoms with Gasteiger partial charge in [-0.3, -0.25) is 4.79 Å². The fourth-order valence-corrected chi connectivity index (χ4v) is 2.28. The molecule has 1 heterocycles. The van der Waals surface area contributed by atoms with Crippen molar-refractivity contribution in [3.8, 4) is 0 Å². The molecule has 2 aromatic rings. The van der Waals surface area contributed by atoms with Crippen LogP contribution in [0.25, 0.3) is 0 Å². The zero-order valence-corrected chi connectivity index (χ0v) is 14.8. The third kappa shape index (κ3) is 6.36. The van der Waals surface area contributed by atoms with Gasteiger partial charge in [-0.05, 0) is 43.2 Å². The molecule has 0 saturated heterocycles. The van der Waals surface area contributed by atoms with E-state index in [1.165, 1.54) is 18.2 Å². The molecule has 1 amide bonds. The van der Waals surface area contributed by atoms with E-state index in [9.17, 15) is 18.0 Å². The lowest BCUT2D eigenvalue weighted by Crippen LogP contribution is -2.38. The Labute approximate surface area is 154 Å². The van der Waals surface area contributed by atoms with E-state index in [1.807, 2.05) is 6.92 Å². The second kappa shape index (κ2) is 9.11. The lowest BCUT2D eigenvalue weighted by atomic mass is 10.1. The van der Waals surface area contributed by atoms with Crippen molar-refractivity contribution in [1.82, 2.24) is 10.6 Å². The smallest absolute Gasteiger partial charge is 0.416 e. The summed E-state index contributed by atoms with van der Waals surface area (Å²) in [6, 6.07) is 8.17. The number of carbonyl (C=O) groups is 1. The number of primary amides is 1. The van der Waals surface area contributed by atoms with Crippen LogP contribution in [0.15, 0.2) is 45.8 Å². The van der Waals surface area contributed by atoms with Crippen LogP contribution in [-0.4, -0.2) is 25.0 Å². The quantitative estimate of drug-likeness (QED) is 0.507. The second-order valence-corrected chi connectivity index (χ2v) is 5.70. The van der Waals surface area contributed by atoms with Gasteiger partial charge in [0.1, 0.15) is 12.3 Å². The van der Waals surface area contributed by atoms with E-state index in [-0.39, 0.29) is 12.3 Å². The molecular weight excluding hydrogens is 361 g/mol. The molecule has 0 fully saturated rings. The van der Waals surface area contributed by atoms with Gasteiger partial charge in [-0.1, -0.05) is 12.1 Å². The predicted molar refractivity (Wildman–Crippen MR) is 95.2 cm³/mol. The molecule has 0 unspecified atom stereocenters. The molecule has 27 heavy (non-hydrogen) atoms. The van der Waals surface area contributed by atoms with E-state index < -0.39 is 17.6 Å². The van der Waals surface area contributed by atoms with Crippen molar-refractivity contribution in [2.45, 2.75) is 26.1 Å². The second-order valence-electron chi connectivity index (χ2n) is 5.70. The molecule has 0 radical (unpaired) electrons. The Balaban J connectivity index is 1.88. The van der Waals surface area contributed by atoms with Gasteiger partial charge in [0.05, 0.1) is 5.56 Å². The lowest BCUT2D eigenvalue weighted by Gasteiger charge is -2.11. The Kier molecular flexibility index (Phi) is 6.86. The van der Waals surface area contributed by atoms with Gasteiger partial charge in [-0.2, -0.15) is 13.2 Å². The van der Waals surface area contributed by atoms with Gasteiger partial charge in [0.25, 0.3) is 5.91 Å². The number of amides is 1.